The van der Waals surface area contributed by atoms with Gasteiger partial charge in [-0.15, -0.1) is 0 Å². The molecule has 0 bridgehead atoms. The predicted octanol–water partition coefficient (Wildman–Crippen LogP) is 4.58. The zero-order valence-corrected chi connectivity index (χ0v) is 14.7. The second-order valence-electron chi connectivity index (χ2n) is 6.78. The molecule has 0 fully saturated rings. The Morgan fingerprint density at radius 2 is 1.57 bits per heavy atom. The summed E-state index contributed by atoms with van der Waals surface area (Å²) in [7, 11) is 3.32. The van der Waals surface area contributed by atoms with Gasteiger partial charge >= 0.3 is 0 Å². The smallest absolute Gasteiger partial charge is 0.161 e. The Hall–Kier alpha value is -2.00. The van der Waals surface area contributed by atoms with Gasteiger partial charge in [0.05, 0.1) is 14.2 Å². The van der Waals surface area contributed by atoms with Crippen LogP contribution in [0.1, 0.15) is 37.9 Å². The Labute approximate surface area is 139 Å². The molecule has 124 valence electrons. The van der Waals surface area contributed by atoms with Gasteiger partial charge in [-0.25, -0.2) is 0 Å². The molecule has 0 amide bonds. The van der Waals surface area contributed by atoms with E-state index in [4.69, 9.17) is 9.47 Å². The first-order chi connectivity index (χ1) is 11.0. The van der Waals surface area contributed by atoms with Crippen LogP contribution in [0.15, 0.2) is 48.5 Å². The minimum atomic E-state index is 0.123. The molecule has 0 spiro atoms. The van der Waals surface area contributed by atoms with Crippen LogP contribution in [-0.4, -0.2) is 14.2 Å². The number of ether oxygens (including phenoxy) is 2. The molecule has 0 heterocycles. The van der Waals surface area contributed by atoms with Crippen molar-refractivity contribution in [2.45, 2.75) is 33.4 Å². The first kappa shape index (κ1) is 17.4. The average Bonchev–Trinajstić information content (AvgIpc) is 2.54. The van der Waals surface area contributed by atoms with E-state index in [1.54, 1.807) is 14.2 Å². The average molecular weight is 313 g/mol. The number of rotatable bonds is 6. The van der Waals surface area contributed by atoms with Gasteiger partial charge in [-0.05, 0) is 28.7 Å². The highest BCUT2D eigenvalue weighted by molar-refractivity contribution is 5.42. The van der Waals surface area contributed by atoms with Crippen LogP contribution in [0.3, 0.4) is 0 Å². The Morgan fingerprint density at radius 3 is 2.13 bits per heavy atom. The standard InChI is InChI=1S/C20H27NO2/c1-20(2,3)19(16-9-7-6-8-10-16)21-14-15-11-12-17(22-4)18(13-15)23-5/h6-13,19,21H,14H2,1-5H3. The van der Waals surface area contributed by atoms with E-state index in [0.29, 0.717) is 0 Å². The summed E-state index contributed by atoms with van der Waals surface area (Å²) in [5.74, 6) is 1.52. The highest BCUT2D eigenvalue weighted by Gasteiger charge is 2.25. The lowest BCUT2D eigenvalue weighted by Gasteiger charge is -2.32. The molecule has 2 aromatic carbocycles. The van der Waals surface area contributed by atoms with E-state index in [9.17, 15) is 0 Å². The molecular formula is C20H27NO2. The fourth-order valence-electron chi connectivity index (χ4n) is 2.78. The Kier molecular flexibility index (Phi) is 5.67. The normalized spacial score (nSPS) is 12.7. The summed E-state index contributed by atoms with van der Waals surface area (Å²) in [5.41, 5.74) is 2.60. The van der Waals surface area contributed by atoms with Crippen LogP contribution in [0.5, 0.6) is 11.5 Å². The van der Waals surface area contributed by atoms with Gasteiger partial charge in [-0.2, -0.15) is 0 Å². The summed E-state index contributed by atoms with van der Waals surface area (Å²) in [6.45, 7) is 7.54. The van der Waals surface area contributed by atoms with Crippen molar-refractivity contribution in [2.24, 2.45) is 5.41 Å². The number of nitrogens with one attached hydrogen (secondary N) is 1. The molecule has 0 aliphatic carbocycles. The lowest BCUT2D eigenvalue weighted by atomic mass is 9.82. The molecule has 0 radical (unpaired) electrons. The monoisotopic (exact) mass is 313 g/mol. The third-order valence-corrected chi connectivity index (χ3v) is 3.96. The third kappa shape index (κ3) is 4.49. The molecule has 2 aromatic rings. The molecule has 3 heteroatoms. The molecule has 0 aliphatic heterocycles. The summed E-state index contributed by atoms with van der Waals surface area (Å²) in [6, 6.07) is 16.9. The maximum absolute atomic E-state index is 5.38. The van der Waals surface area contributed by atoms with Crippen LogP contribution in [0.2, 0.25) is 0 Å². The minimum absolute atomic E-state index is 0.123. The lowest BCUT2D eigenvalue weighted by Crippen LogP contribution is -2.32. The van der Waals surface area contributed by atoms with Gasteiger partial charge < -0.3 is 14.8 Å². The molecule has 1 atom stereocenters. The van der Waals surface area contributed by atoms with Crippen molar-refractivity contribution in [3.05, 3.63) is 59.7 Å². The van der Waals surface area contributed by atoms with Crippen LogP contribution in [0.25, 0.3) is 0 Å². The summed E-state index contributed by atoms with van der Waals surface area (Å²) in [6.07, 6.45) is 0. The van der Waals surface area contributed by atoms with Gasteiger partial charge in [0, 0.05) is 12.6 Å². The van der Waals surface area contributed by atoms with Crippen molar-refractivity contribution < 1.29 is 9.47 Å². The fraction of sp³-hybridized carbons (Fsp3) is 0.400. The molecule has 1 unspecified atom stereocenters. The number of hydrogen-bond acceptors (Lipinski definition) is 3. The Morgan fingerprint density at radius 1 is 0.913 bits per heavy atom. The van der Waals surface area contributed by atoms with Gasteiger partial charge in [0.1, 0.15) is 0 Å². The largest absolute Gasteiger partial charge is 0.493 e. The summed E-state index contributed by atoms with van der Waals surface area (Å²) < 4.78 is 10.7. The lowest BCUT2D eigenvalue weighted by molar-refractivity contribution is 0.271. The first-order valence-corrected chi connectivity index (χ1v) is 7.95. The molecule has 23 heavy (non-hydrogen) atoms. The molecule has 0 saturated carbocycles. The SMILES string of the molecule is COc1ccc(CNC(c2ccccc2)C(C)(C)C)cc1OC. The van der Waals surface area contributed by atoms with Crippen LogP contribution < -0.4 is 14.8 Å². The summed E-state index contributed by atoms with van der Waals surface area (Å²) in [4.78, 5) is 0. The molecule has 0 aliphatic rings. The zero-order valence-electron chi connectivity index (χ0n) is 14.7. The van der Waals surface area contributed by atoms with Gasteiger partial charge in [-0.1, -0.05) is 57.2 Å². The number of benzene rings is 2. The first-order valence-electron chi connectivity index (χ1n) is 7.95. The van der Waals surface area contributed by atoms with Crippen molar-refractivity contribution in [1.82, 2.24) is 5.32 Å². The maximum atomic E-state index is 5.38. The minimum Gasteiger partial charge on any atom is -0.493 e. The predicted molar refractivity (Wildman–Crippen MR) is 95.0 cm³/mol. The van der Waals surface area contributed by atoms with E-state index in [-0.39, 0.29) is 11.5 Å². The molecule has 0 saturated heterocycles. The van der Waals surface area contributed by atoms with Crippen LogP contribution >= 0.6 is 0 Å². The number of methoxy groups -OCH3 is 2. The number of hydrogen-bond donors (Lipinski definition) is 1. The zero-order chi connectivity index (χ0) is 16.9. The highest BCUT2D eigenvalue weighted by atomic mass is 16.5. The molecule has 3 nitrogen and oxygen atoms in total. The van der Waals surface area contributed by atoms with E-state index in [1.807, 2.05) is 12.1 Å². The topological polar surface area (TPSA) is 30.5 Å². The van der Waals surface area contributed by atoms with Crippen molar-refractivity contribution in [3.63, 3.8) is 0 Å². The summed E-state index contributed by atoms with van der Waals surface area (Å²) >= 11 is 0. The van der Waals surface area contributed by atoms with Crippen molar-refractivity contribution in [1.29, 1.82) is 0 Å². The van der Waals surface area contributed by atoms with Crippen molar-refractivity contribution >= 4 is 0 Å². The second kappa shape index (κ2) is 7.51. The van der Waals surface area contributed by atoms with Crippen molar-refractivity contribution in [3.8, 4) is 11.5 Å². The summed E-state index contributed by atoms with van der Waals surface area (Å²) in [5, 5.41) is 3.68. The van der Waals surface area contributed by atoms with Gasteiger partial charge in [-0.3, -0.25) is 0 Å². The van der Waals surface area contributed by atoms with Crippen LogP contribution in [-0.2, 0) is 6.54 Å². The van der Waals surface area contributed by atoms with E-state index in [2.05, 4.69) is 62.5 Å². The quantitative estimate of drug-likeness (QED) is 0.846. The van der Waals surface area contributed by atoms with E-state index in [0.717, 1.165) is 18.0 Å². The van der Waals surface area contributed by atoms with Crippen LogP contribution in [0.4, 0.5) is 0 Å². The molecule has 2 rings (SSSR count). The highest BCUT2D eigenvalue weighted by Crippen LogP contribution is 2.33. The molecule has 1 N–H and O–H groups in total. The van der Waals surface area contributed by atoms with E-state index >= 15 is 0 Å². The Balaban J connectivity index is 2.16. The molecular weight excluding hydrogens is 286 g/mol. The van der Waals surface area contributed by atoms with E-state index in [1.165, 1.54) is 11.1 Å². The Bertz CT molecular complexity index is 617. The van der Waals surface area contributed by atoms with Gasteiger partial charge in [0.15, 0.2) is 11.5 Å². The van der Waals surface area contributed by atoms with Gasteiger partial charge in [0.25, 0.3) is 0 Å². The van der Waals surface area contributed by atoms with Crippen LogP contribution in [0, 0.1) is 5.41 Å². The fourth-order valence-corrected chi connectivity index (χ4v) is 2.78. The maximum Gasteiger partial charge on any atom is 0.161 e. The third-order valence-electron chi connectivity index (χ3n) is 3.96. The molecule has 0 aromatic heterocycles. The van der Waals surface area contributed by atoms with E-state index < -0.39 is 0 Å². The van der Waals surface area contributed by atoms with Crippen molar-refractivity contribution in [2.75, 3.05) is 14.2 Å². The second-order valence-corrected chi connectivity index (χ2v) is 6.78. The van der Waals surface area contributed by atoms with Gasteiger partial charge in [0.2, 0.25) is 0 Å².